The number of hydrogen-bond acceptors (Lipinski definition) is 3. The van der Waals surface area contributed by atoms with E-state index >= 15 is 0 Å². The van der Waals surface area contributed by atoms with Gasteiger partial charge in [-0.3, -0.25) is 9.69 Å². The van der Waals surface area contributed by atoms with Gasteiger partial charge >= 0.3 is 0 Å². The summed E-state index contributed by atoms with van der Waals surface area (Å²) in [6.07, 6.45) is 5.03. The minimum absolute atomic E-state index is 0.188. The van der Waals surface area contributed by atoms with Crippen molar-refractivity contribution in [3.05, 3.63) is 20.8 Å². The second-order valence-corrected chi connectivity index (χ2v) is 7.06. The summed E-state index contributed by atoms with van der Waals surface area (Å²) in [6.45, 7) is 6.26. The predicted octanol–water partition coefficient (Wildman–Crippen LogP) is 4.28. The van der Waals surface area contributed by atoms with Gasteiger partial charge in [-0.15, -0.1) is 11.3 Å². The molecule has 1 aliphatic rings. The number of carbonyl (C=O) groups excluding carboxylic acids is 1. The summed E-state index contributed by atoms with van der Waals surface area (Å²) in [4.78, 5) is 16.4. The molecular weight excluding hydrogens is 322 g/mol. The molecule has 106 valence electrons. The highest BCUT2D eigenvalue weighted by molar-refractivity contribution is 9.10. The van der Waals surface area contributed by atoms with Crippen LogP contribution >= 0.6 is 27.3 Å². The van der Waals surface area contributed by atoms with Crippen molar-refractivity contribution in [3.63, 3.8) is 0 Å². The van der Waals surface area contributed by atoms with Crippen molar-refractivity contribution in [2.75, 3.05) is 13.1 Å². The van der Waals surface area contributed by atoms with Crippen LogP contribution in [0.3, 0.4) is 0 Å². The molecule has 0 N–H and O–H groups in total. The van der Waals surface area contributed by atoms with Crippen molar-refractivity contribution in [2.45, 2.75) is 51.5 Å². The number of nitrogens with zero attached hydrogens (tertiary/aromatic N) is 1. The molecule has 0 unspecified atom stereocenters. The lowest BCUT2D eigenvalue weighted by Gasteiger charge is -2.39. The molecule has 19 heavy (non-hydrogen) atoms. The lowest BCUT2D eigenvalue weighted by atomic mass is 9.87. The SMILES string of the molecule is CCN(CC)C1(C(=O)Cc2sccc2Br)CCCC1. The van der Waals surface area contributed by atoms with E-state index in [9.17, 15) is 4.79 Å². The number of rotatable bonds is 6. The van der Waals surface area contributed by atoms with Gasteiger partial charge in [-0.05, 0) is 53.3 Å². The molecule has 2 rings (SSSR count). The Hall–Kier alpha value is -0.190. The highest BCUT2D eigenvalue weighted by Gasteiger charge is 2.44. The Morgan fingerprint density at radius 3 is 2.47 bits per heavy atom. The number of carbonyl (C=O) groups is 1. The fourth-order valence-electron chi connectivity index (χ4n) is 3.32. The summed E-state index contributed by atoms with van der Waals surface area (Å²) in [6, 6.07) is 2.03. The Kier molecular flexibility index (Phi) is 5.21. The van der Waals surface area contributed by atoms with E-state index < -0.39 is 0 Å². The van der Waals surface area contributed by atoms with Gasteiger partial charge in [0.1, 0.15) is 0 Å². The fourth-order valence-corrected chi connectivity index (χ4v) is 4.81. The predicted molar refractivity (Wildman–Crippen MR) is 84.9 cm³/mol. The normalized spacial score (nSPS) is 18.1. The highest BCUT2D eigenvalue weighted by Crippen LogP contribution is 2.38. The number of likely N-dealkylation sites (N-methyl/N-ethyl adjacent to an activating group) is 1. The van der Waals surface area contributed by atoms with Crippen LogP contribution in [0.1, 0.15) is 44.4 Å². The standard InChI is InChI=1S/C15H22BrNOS/c1-3-17(4-2)15(8-5-6-9-15)14(18)11-13-12(16)7-10-19-13/h7,10H,3-6,8-9,11H2,1-2H3. The van der Waals surface area contributed by atoms with Gasteiger partial charge in [-0.25, -0.2) is 0 Å². The minimum Gasteiger partial charge on any atom is -0.297 e. The fraction of sp³-hybridized carbons (Fsp3) is 0.667. The maximum Gasteiger partial charge on any atom is 0.158 e. The monoisotopic (exact) mass is 343 g/mol. The summed E-state index contributed by atoms with van der Waals surface area (Å²) in [5, 5.41) is 2.05. The van der Waals surface area contributed by atoms with E-state index in [2.05, 4.69) is 34.7 Å². The molecule has 0 spiro atoms. The maximum atomic E-state index is 12.9. The number of thiophene rings is 1. The molecule has 0 bridgehead atoms. The number of ketones is 1. The van der Waals surface area contributed by atoms with Crippen LogP contribution in [0, 0.1) is 0 Å². The third-order valence-electron chi connectivity index (χ3n) is 4.33. The van der Waals surface area contributed by atoms with Crippen molar-refractivity contribution in [2.24, 2.45) is 0 Å². The molecule has 1 aromatic heterocycles. The van der Waals surface area contributed by atoms with Crippen molar-refractivity contribution in [1.82, 2.24) is 4.90 Å². The minimum atomic E-state index is -0.188. The van der Waals surface area contributed by atoms with E-state index in [4.69, 9.17) is 0 Å². The number of Topliss-reactive ketones (excluding diaryl/α,β-unsaturated/α-hetero) is 1. The highest BCUT2D eigenvalue weighted by atomic mass is 79.9. The lowest BCUT2D eigenvalue weighted by Crippen LogP contribution is -2.53. The molecule has 1 saturated carbocycles. The topological polar surface area (TPSA) is 20.3 Å². The third-order valence-corrected chi connectivity index (χ3v) is 6.26. The summed E-state index contributed by atoms with van der Waals surface area (Å²) >= 11 is 5.21. The third kappa shape index (κ3) is 2.96. The van der Waals surface area contributed by atoms with E-state index in [1.54, 1.807) is 11.3 Å². The molecule has 2 nitrogen and oxygen atoms in total. The molecule has 0 saturated heterocycles. The van der Waals surface area contributed by atoms with Gasteiger partial charge in [-0.1, -0.05) is 26.7 Å². The van der Waals surface area contributed by atoms with Gasteiger partial charge in [0, 0.05) is 15.8 Å². The molecule has 0 radical (unpaired) electrons. The Balaban J connectivity index is 2.19. The van der Waals surface area contributed by atoms with Crippen LogP contribution in [-0.2, 0) is 11.2 Å². The first kappa shape index (κ1) is 15.2. The first-order chi connectivity index (χ1) is 9.14. The van der Waals surface area contributed by atoms with Crippen molar-refractivity contribution in [1.29, 1.82) is 0 Å². The number of halogens is 1. The van der Waals surface area contributed by atoms with E-state index in [0.717, 1.165) is 30.4 Å². The Morgan fingerprint density at radius 2 is 2.00 bits per heavy atom. The molecule has 4 heteroatoms. The molecule has 1 heterocycles. The first-order valence-corrected chi connectivity index (χ1v) is 8.81. The van der Waals surface area contributed by atoms with E-state index in [1.807, 2.05) is 11.4 Å². The maximum absolute atomic E-state index is 12.9. The molecule has 1 fully saturated rings. The van der Waals surface area contributed by atoms with E-state index in [0.29, 0.717) is 12.2 Å². The van der Waals surface area contributed by atoms with Crippen LogP contribution < -0.4 is 0 Å². The zero-order chi connectivity index (χ0) is 13.9. The van der Waals surface area contributed by atoms with Crippen molar-refractivity contribution < 1.29 is 4.79 Å². The smallest absolute Gasteiger partial charge is 0.158 e. The van der Waals surface area contributed by atoms with Gasteiger partial charge in [0.2, 0.25) is 0 Å². The molecule has 0 amide bonds. The number of hydrogen-bond donors (Lipinski definition) is 0. The van der Waals surface area contributed by atoms with Crippen LogP contribution in [0.15, 0.2) is 15.9 Å². The largest absolute Gasteiger partial charge is 0.297 e. The van der Waals surface area contributed by atoms with E-state index in [1.165, 1.54) is 17.7 Å². The molecule has 0 atom stereocenters. The lowest BCUT2D eigenvalue weighted by molar-refractivity contribution is -0.130. The second kappa shape index (κ2) is 6.51. The van der Waals surface area contributed by atoms with Crippen LogP contribution in [-0.4, -0.2) is 29.3 Å². The molecule has 1 aliphatic carbocycles. The zero-order valence-corrected chi connectivity index (χ0v) is 14.1. The van der Waals surface area contributed by atoms with Crippen LogP contribution in [0.2, 0.25) is 0 Å². The van der Waals surface area contributed by atoms with Crippen LogP contribution in [0.25, 0.3) is 0 Å². The summed E-state index contributed by atoms with van der Waals surface area (Å²) in [5.41, 5.74) is -0.188. The van der Waals surface area contributed by atoms with Gasteiger partial charge in [0.25, 0.3) is 0 Å². The Labute approximate surface area is 128 Å². The van der Waals surface area contributed by atoms with Gasteiger partial charge in [-0.2, -0.15) is 0 Å². The average Bonchev–Trinajstić information content (AvgIpc) is 3.02. The molecule has 1 aromatic rings. The molecule has 0 aromatic carbocycles. The summed E-state index contributed by atoms with van der Waals surface area (Å²) < 4.78 is 1.08. The Bertz CT molecular complexity index is 433. The summed E-state index contributed by atoms with van der Waals surface area (Å²) in [7, 11) is 0. The summed E-state index contributed by atoms with van der Waals surface area (Å²) in [5.74, 6) is 0.414. The van der Waals surface area contributed by atoms with Gasteiger partial charge < -0.3 is 0 Å². The second-order valence-electron chi connectivity index (χ2n) is 5.20. The van der Waals surface area contributed by atoms with Crippen molar-refractivity contribution >= 4 is 33.0 Å². The Morgan fingerprint density at radius 1 is 1.37 bits per heavy atom. The van der Waals surface area contributed by atoms with Crippen LogP contribution in [0.4, 0.5) is 0 Å². The average molecular weight is 344 g/mol. The molecule has 0 aliphatic heterocycles. The molecular formula is C15H22BrNOS. The van der Waals surface area contributed by atoms with E-state index in [-0.39, 0.29) is 5.54 Å². The van der Waals surface area contributed by atoms with Gasteiger partial charge in [0.15, 0.2) is 5.78 Å². The zero-order valence-electron chi connectivity index (χ0n) is 11.7. The quantitative estimate of drug-likeness (QED) is 0.768. The van der Waals surface area contributed by atoms with Gasteiger partial charge in [0.05, 0.1) is 5.54 Å². The first-order valence-electron chi connectivity index (χ1n) is 7.14. The van der Waals surface area contributed by atoms with Crippen LogP contribution in [0.5, 0.6) is 0 Å². The van der Waals surface area contributed by atoms with Crippen molar-refractivity contribution in [3.8, 4) is 0 Å².